The third-order valence-corrected chi connectivity index (χ3v) is 5.38. The predicted molar refractivity (Wildman–Crippen MR) is 86.8 cm³/mol. The number of benzene rings is 1. The van der Waals surface area contributed by atoms with Crippen molar-refractivity contribution in [3.8, 4) is 0 Å². The highest BCUT2D eigenvalue weighted by Gasteiger charge is 2.25. The number of hydrogen-bond donors (Lipinski definition) is 2. The van der Waals surface area contributed by atoms with E-state index < -0.39 is 10.0 Å². The van der Waals surface area contributed by atoms with Gasteiger partial charge in [-0.2, -0.15) is 5.10 Å². The number of aromatic nitrogens is 2. The number of halogens is 1. The molecule has 0 atom stereocenters. The average molecular weight is 373 g/mol. The molecule has 0 aliphatic rings. The SMILES string of the molecule is Cc1cc(C)c(NS(=O)(=O)c2c(N)nn(C)c2C)c(Br)c1. The molecule has 3 N–H and O–H groups in total. The third kappa shape index (κ3) is 2.91. The van der Waals surface area contributed by atoms with E-state index in [1.54, 1.807) is 14.0 Å². The number of sulfonamides is 1. The predicted octanol–water partition coefficient (Wildman–Crippen LogP) is 2.49. The minimum atomic E-state index is -3.80. The second-order valence-electron chi connectivity index (χ2n) is 4.97. The van der Waals surface area contributed by atoms with Crippen molar-refractivity contribution in [1.82, 2.24) is 9.78 Å². The molecular weight excluding hydrogens is 356 g/mol. The van der Waals surface area contributed by atoms with E-state index >= 15 is 0 Å². The Balaban J connectivity index is 2.53. The minimum absolute atomic E-state index is 0.0108. The first-order chi connectivity index (χ1) is 9.63. The second-order valence-corrected chi connectivity index (χ2v) is 7.44. The quantitative estimate of drug-likeness (QED) is 0.865. The van der Waals surface area contributed by atoms with E-state index in [-0.39, 0.29) is 10.7 Å². The molecule has 0 aliphatic carbocycles. The van der Waals surface area contributed by atoms with Crippen molar-refractivity contribution < 1.29 is 8.42 Å². The molecule has 1 aromatic carbocycles. The number of rotatable bonds is 3. The molecule has 6 nitrogen and oxygen atoms in total. The van der Waals surface area contributed by atoms with Crippen LogP contribution in [0.15, 0.2) is 21.5 Å². The van der Waals surface area contributed by atoms with Crippen LogP contribution in [0.3, 0.4) is 0 Å². The maximum Gasteiger partial charge on any atom is 0.267 e. The summed E-state index contributed by atoms with van der Waals surface area (Å²) in [7, 11) is -2.15. The molecular formula is C13H17BrN4O2S. The van der Waals surface area contributed by atoms with Crippen LogP contribution in [0.1, 0.15) is 16.8 Å². The third-order valence-electron chi connectivity index (χ3n) is 3.24. The number of aryl methyl sites for hydroxylation is 3. The fourth-order valence-corrected chi connectivity index (χ4v) is 4.56. The van der Waals surface area contributed by atoms with Gasteiger partial charge >= 0.3 is 0 Å². The Kier molecular flexibility index (Phi) is 4.03. The molecule has 0 saturated heterocycles. The van der Waals surface area contributed by atoms with Crippen LogP contribution < -0.4 is 10.5 Å². The van der Waals surface area contributed by atoms with E-state index in [0.29, 0.717) is 15.9 Å². The van der Waals surface area contributed by atoms with E-state index in [4.69, 9.17) is 5.73 Å². The maximum atomic E-state index is 12.6. The Hall–Kier alpha value is -1.54. The zero-order valence-corrected chi connectivity index (χ0v) is 14.6. The lowest BCUT2D eigenvalue weighted by atomic mass is 10.1. The summed E-state index contributed by atoms with van der Waals surface area (Å²) in [6, 6.07) is 3.76. The van der Waals surface area contributed by atoms with Crippen LogP contribution in [-0.4, -0.2) is 18.2 Å². The van der Waals surface area contributed by atoms with Crippen molar-refractivity contribution in [3.05, 3.63) is 33.4 Å². The van der Waals surface area contributed by atoms with E-state index in [2.05, 4.69) is 25.8 Å². The van der Waals surface area contributed by atoms with Crippen LogP contribution in [0.4, 0.5) is 11.5 Å². The summed E-state index contributed by atoms with van der Waals surface area (Å²) in [5.74, 6) is -0.0108. The highest BCUT2D eigenvalue weighted by molar-refractivity contribution is 9.10. The van der Waals surface area contributed by atoms with Crippen LogP contribution in [0, 0.1) is 20.8 Å². The molecule has 0 saturated carbocycles. The normalized spacial score (nSPS) is 11.7. The van der Waals surface area contributed by atoms with E-state index in [1.165, 1.54) is 4.68 Å². The summed E-state index contributed by atoms with van der Waals surface area (Å²) in [5, 5.41) is 3.94. The summed E-state index contributed by atoms with van der Waals surface area (Å²) in [5.41, 5.74) is 8.58. The lowest BCUT2D eigenvalue weighted by Gasteiger charge is -2.13. The lowest BCUT2D eigenvalue weighted by molar-refractivity contribution is 0.600. The summed E-state index contributed by atoms with van der Waals surface area (Å²) in [6.45, 7) is 5.45. The van der Waals surface area contributed by atoms with Crippen molar-refractivity contribution in [2.45, 2.75) is 25.7 Å². The van der Waals surface area contributed by atoms with Gasteiger partial charge in [0, 0.05) is 11.5 Å². The maximum absolute atomic E-state index is 12.6. The first-order valence-electron chi connectivity index (χ1n) is 6.22. The number of nitrogens with two attached hydrogens (primary N) is 1. The summed E-state index contributed by atoms with van der Waals surface area (Å²) in [4.78, 5) is 0.0110. The second kappa shape index (κ2) is 5.34. The molecule has 1 aromatic heterocycles. The summed E-state index contributed by atoms with van der Waals surface area (Å²) in [6.07, 6.45) is 0. The highest BCUT2D eigenvalue weighted by atomic mass is 79.9. The van der Waals surface area contributed by atoms with Crippen molar-refractivity contribution >= 4 is 37.5 Å². The molecule has 0 radical (unpaired) electrons. The van der Waals surface area contributed by atoms with Gasteiger partial charge in [0.25, 0.3) is 10.0 Å². The average Bonchev–Trinajstić information content (AvgIpc) is 2.58. The molecule has 0 amide bonds. The van der Waals surface area contributed by atoms with Gasteiger partial charge in [0.15, 0.2) is 10.7 Å². The minimum Gasteiger partial charge on any atom is -0.381 e. The Morgan fingerprint density at radius 3 is 2.38 bits per heavy atom. The molecule has 21 heavy (non-hydrogen) atoms. The first kappa shape index (κ1) is 15.8. The Bertz CT molecular complexity index is 789. The van der Waals surface area contributed by atoms with Crippen LogP contribution >= 0.6 is 15.9 Å². The number of anilines is 2. The van der Waals surface area contributed by atoms with E-state index in [0.717, 1.165) is 11.1 Å². The van der Waals surface area contributed by atoms with Crippen LogP contribution in [0.5, 0.6) is 0 Å². The number of nitrogen functional groups attached to an aromatic ring is 1. The van der Waals surface area contributed by atoms with Crippen molar-refractivity contribution in [2.24, 2.45) is 7.05 Å². The molecule has 8 heteroatoms. The van der Waals surface area contributed by atoms with E-state index in [1.807, 2.05) is 26.0 Å². The highest BCUT2D eigenvalue weighted by Crippen LogP contribution is 2.31. The fourth-order valence-electron chi connectivity index (χ4n) is 2.18. The number of hydrogen-bond acceptors (Lipinski definition) is 4. The molecule has 0 fully saturated rings. The molecule has 0 unspecified atom stereocenters. The van der Waals surface area contributed by atoms with Crippen molar-refractivity contribution in [2.75, 3.05) is 10.5 Å². The molecule has 2 rings (SSSR count). The van der Waals surface area contributed by atoms with Gasteiger partial charge in [-0.15, -0.1) is 0 Å². The number of nitrogens with zero attached hydrogens (tertiary/aromatic N) is 2. The molecule has 0 aliphatic heterocycles. The zero-order valence-electron chi connectivity index (χ0n) is 12.2. The van der Waals surface area contributed by atoms with Crippen molar-refractivity contribution in [1.29, 1.82) is 0 Å². The Morgan fingerprint density at radius 2 is 1.90 bits per heavy atom. The molecule has 0 bridgehead atoms. The first-order valence-corrected chi connectivity index (χ1v) is 8.49. The molecule has 2 aromatic rings. The smallest absolute Gasteiger partial charge is 0.267 e. The topological polar surface area (TPSA) is 90.0 Å². The van der Waals surface area contributed by atoms with Gasteiger partial charge in [-0.25, -0.2) is 8.42 Å². The fraction of sp³-hybridized carbons (Fsp3) is 0.308. The molecule has 1 heterocycles. The van der Waals surface area contributed by atoms with Gasteiger partial charge in [0.05, 0.1) is 11.4 Å². The monoisotopic (exact) mass is 372 g/mol. The van der Waals surface area contributed by atoms with Crippen LogP contribution in [0.2, 0.25) is 0 Å². The van der Waals surface area contributed by atoms with Gasteiger partial charge in [-0.1, -0.05) is 6.07 Å². The standard InChI is InChI=1S/C13H17BrN4O2S/c1-7-5-8(2)11(10(14)6-7)17-21(19,20)12-9(3)18(4)16-13(12)15/h5-6,17H,1-4H3,(H2,15,16). The van der Waals surface area contributed by atoms with Crippen LogP contribution in [-0.2, 0) is 17.1 Å². The van der Waals surface area contributed by atoms with Gasteiger partial charge in [0.2, 0.25) is 0 Å². The van der Waals surface area contributed by atoms with Gasteiger partial charge in [-0.3, -0.25) is 9.40 Å². The van der Waals surface area contributed by atoms with E-state index in [9.17, 15) is 8.42 Å². The largest absolute Gasteiger partial charge is 0.381 e. The summed E-state index contributed by atoms with van der Waals surface area (Å²) < 4.78 is 29.9. The molecule has 114 valence electrons. The van der Waals surface area contributed by atoms with Gasteiger partial charge in [0.1, 0.15) is 0 Å². The Labute approximate surface area is 132 Å². The lowest BCUT2D eigenvalue weighted by Crippen LogP contribution is -2.16. The summed E-state index contributed by atoms with van der Waals surface area (Å²) >= 11 is 3.39. The van der Waals surface area contributed by atoms with Crippen LogP contribution in [0.25, 0.3) is 0 Å². The van der Waals surface area contributed by atoms with Gasteiger partial charge in [-0.05, 0) is 53.9 Å². The zero-order chi connectivity index (χ0) is 15.9. The number of nitrogens with one attached hydrogen (secondary N) is 1. The Morgan fingerprint density at radius 1 is 1.29 bits per heavy atom. The molecule has 0 spiro atoms. The van der Waals surface area contributed by atoms with Crippen molar-refractivity contribution in [3.63, 3.8) is 0 Å². The van der Waals surface area contributed by atoms with Gasteiger partial charge < -0.3 is 5.73 Å².